The number of oxazole rings is 1. The number of hydrogen-bond acceptors (Lipinski definition) is 11. The molecule has 3 aromatic heterocycles. The van der Waals surface area contributed by atoms with Crippen molar-refractivity contribution in [2.45, 2.75) is 5.30 Å². The van der Waals surface area contributed by atoms with Crippen molar-refractivity contribution in [2.75, 3.05) is 75.1 Å². The molecule has 1 aromatic carbocycles. The van der Waals surface area contributed by atoms with Gasteiger partial charge in [0.15, 0.2) is 5.65 Å². The van der Waals surface area contributed by atoms with Crippen LogP contribution in [0, 0.1) is 0 Å². The number of ether oxygens (including phenoxy) is 2. The first kappa shape index (κ1) is 26.9. The molecule has 0 atom stereocenters. The highest BCUT2D eigenvalue weighted by molar-refractivity contribution is 6.58. The van der Waals surface area contributed by atoms with Crippen molar-refractivity contribution in [2.24, 2.45) is 0 Å². The van der Waals surface area contributed by atoms with Crippen LogP contribution in [0.25, 0.3) is 17.4 Å². The van der Waals surface area contributed by atoms with E-state index in [9.17, 15) is 0 Å². The molecule has 0 spiro atoms. The summed E-state index contributed by atoms with van der Waals surface area (Å²) < 4.78 is 17.5. The summed E-state index contributed by atoms with van der Waals surface area (Å²) in [5.74, 6) is 2.42. The van der Waals surface area contributed by atoms with Crippen LogP contribution in [-0.2, 0) is 4.74 Å². The van der Waals surface area contributed by atoms with Gasteiger partial charge < -0.3 is 29.4 Å². The van der Waals surface area contributed by atoms with Crippen LogP contribution >= 0.6 is 0 Å². The summed E-state index contributed by atoms with van der Waals surface area (Å²) in [4.78, 5) is 20.0. The number of piperazine rings is 1. The molecule has 1 fully saturated rings. The third-order valence-corrected chi connectivity index (χ3v) is 6.38. The summed E-state index contributed by atoms with van der Waals surface area (Å²) in [5.41, 5.74) is 7.90. The summed E-state index contributed by atoms with van der Waals surface area (Å²) in [6.07, 6.45) is 3.02. The maximum atomic E-state index is 6.15. The van der Waals surface area contributed by atoms with Gasteiger partial charge in [0.25, 0.3) is 5.89 Å². The molecule has 0 bridgehead atoms. The molecule has 1 aliphatic heterocycles. The Labute approximate surface area is 230 Å². The van der Waals surface area contributed by atoms with Gasteiger partial charge in [-0.15, -0.1) is 5.10 Å². The number of anilines is 3. The van der Waals surface area contributed by atoms with E-state index in [1.807, 2.05) is 25.2 Å². The quantitative estimate of drug-likeness (QED) is 0.213. The van der Waals surface area contributed by atoms with Gasteiger partial charge >= 0.3 is 0 Å². The predicted molar refractivity (Wildman–Crippen MR) is 150 cm³/mol. The monoisotopic (exact) mass is 523 g/mol. The number of nitrogens with zero attached hydrogens (tertiary/aromatic N) is 8. The van der Waals surface area contributed by atoms with Crippen LogP contribution in [0.3, 0.4) is 0 Å². The molecular formula is C24H28B3N9O3. The Morgan fingerprint density at radius 2 is 1.85 bits per heavy atom. The molecule has 4 aromatic rings. The van der Waals surface area contributed by atoms with E-state index in [1.165, 1.54) is 10.8 Å². The summed E-state index contributed by atoms with van der Waals surface area (Å²) in [7, 11) is 18.1. The number of fused-ring (bicyclic) bond motifs is 1. The maximum absolute atomic E-state index is 6.15. The number of benzene rings is 1. The molecule has 1 aliphatic rings. The molecule has 0 unspecified atom stereocenters. The topological polar surface area (TPSA) is 123 Å². The van der Waals surface area contributed by atoms with E-state index in [0.29, 0.717) is 24.0 Å². The van der Waals surface area contributed by atoms with Crippen LogP contribution in [0.1, 0.15) is 0 Å². The van der Waals surface area contributed by atoms with Gasteiger partial charge in [0, 0.05) is 58.1 Å². The van der Waals surface area contributed by atoms with Crippen molar-refractivity contribution in [3.8, 4) is 17.5 Å². The van der Waals surface area contributed by atoms with Crippen LogP contribution in [0.15, 0.2) is 47.2 Å². The van der Waals surface area contributed by atoms with Crippen molar-refractivity contribution < 1.29 is 13.9 Å². The predicted octanol–water partition coefficient (Wildman–Crippen LogP) is 0.132. The molecule has 15 heteroatoms. The first-order valence-electron chi connectivity index (χ1n) is 12.6. The molecule has 5 rings (SSSR count). The van der Waals surface area contributed by atoms with E-state index in [1.54, 1.807) is 6.20 Å². The molecule has 0 amide bonds. The van der Waals surface area contributed by atoms with Gasteiger partial charge in [0.05, 0.1) is 36.3 Å². The highest BCUT2D eigenvalue weighted by Crippen LogP contribution is 2.22. The number of likely N-dealkylation sites (N-methyl/N-ethyl adjacent to an activating group) is 1. The molecule has 4 heterocycles. The lowest BCUT2D eigenvalue weighted by atomic mass is 9.52. The Morgan fingerprint density at radius 3 is 2.54 bits per heavy atom. The summed E-state index contributed by atoms with van der Waals surface area (Å²) in [6.45, 7) is 5.98. The second-order valence-corrected chi connectivity index (χ2v) is 9.31. The van der Waals surface area contributed by atoms with Crippen molar-refractivity contribution >= 4 is 46.6 Å². The van der Waals surface area contributed by atoms with E-state index >= 15 is 0 Å². The largest absolute Gasteiger partial charge is 0.491 e. The van der Waals surface area contributed by atoms with Crippen LogP contribution in [0.2, 0.25) is 0 Å². The molecule has 1 saturated heterocycles. The average molecular weight is 523 g/mol. The van der Waals surface area contributed by atoms with Crippen molar-refractivity contribution in [3.05, 3.63) is 42.8 Å². The second-order valence-electron chi connectivity index (χ2n) is 9.31. The third-order valence-electron chi connectivity index (χ3n) is 6.38. The minimum Gasteiger partial charge on any atom is -0.491 e. The fourth-order valence-electron chi connectivity index (χ4n) is 4.29. The molecule has 0 aliphatic carbocycles. The molecule has 196 valence electrons. The Morgan fingerprint density at radius 1 is 1.08 bits per heavy atom. The SMILES string of the molecule is [B]C([B])([B])OCCOc1ccc(N2CCN(CCN(C)c3cc4nc(-c5ncco5)nn4c(N)n3)CC2)cc1. The Bertz CT molecular complexity index is 1360. The van der Waals surface area contributed by atoms with Crippen molar-refractivity contribution in [1.82, 2.24) is 29.5 Å². The smallest absolute Gasteiger partial charge is 0.266 e. The van der Waals surface area contributed by atoms with E-state index in [0.717, 1.165) is 56.5 Å². The normalized spacial score (nSPS) is 14.6. The van der Waals surface area contributed by atoms with E-state index in [2.05, 4.69) is 46.9 Å². The Hall–Kier alpha value is -3.71. The minimum absolute atomic E-state index is 0.200. The van der Waals surface area contributed by atoms with E-state index < -0.39 is 5.30 Å². The lowest BCUT2D eigenvalue weighted by Gasteiger charge is -2.36. The summed E-state index contributed by atoms with van der Waals surface area (Å²) in [5, 5.41) is 2.69. The highest BCUT2D eigenvalue weighted by atomic mass is 16.5. The van der Waals surface area contributed by atoms with E-state index in [-0.39, 0.29) is 12.6 Å². The van der Waals surface area contributed by atoms with Gasteiger partial charge in [-0.2, -0.15) is 9.50 Å². The number of nitrogens with two attached hydrogens (primary N) is 1. The van der Waals surface area contributed by atoms with Gasteiger partial charge in [-0.25, -0.2) is 9.97 Å². The van der Waals surface area contributed by atoms with E-state index in [4.69, 9.17) is 43.2 Å². The zero-order valence-corrected chi connectivity index (χ0v) is 21.8. The molecule has 6 radical (unpaired) electrons. The van der Waals surface area contributed by atoms with Crippen molar-refractivity contribution in [3.63, 3.8) is 0 Å². The molecule has 39 heavy (non-hydrogen) atoms. The van der Waals surface area contributed by atoms with Gasteiger partial charge in [0.1, 0.15) is 24.4 Å². The fourth-order valence-corrected chi connectivity index (χ4v) is 4.29. The number of hydrogen-bond donors (Lipinski definition) is 1. The molecule has 0 saturated carbocycles. The maximum Gasteiger partial charge on any atom is 0.266 e. The molecular weight excluding hydrogens is 495 g/mol. The van der Waals surface area contributed by atoms with Gasteiger partial charge in [0.2, 0.25) is 11.8 Å². The first-order chi connectivity index (χ1) is 18.7. The molecule has 12 nitrogen and oxygen atoms in total. The zero-order chi connectivity index (χ0) is 27.4. The first-order valence-corrected chi connectivity index (χ1v) is 12.6. The minimum atomic E-state index is -1.65. The van der Waals surface area contributed by atoms with Crippen LogP contribution in [0.5, 0.6) is 5.75 Å². The van der Waals surface area contributed by atoms with Crippen LogP contribution in [-0.4, -0.2) is 118 Å². The van der Waals surface area contributed by atoms with Crippen LogP contribution in [0.4, 0.5) is 17.5 Å². The fraction of sp³-hybridized carbons (Fsp3) is 0.417. The zero-order valence-electron chi connectivity index (χ0n) is 21.8. The Balaban J connectivity index is 1.08. The van der Waals surface area contributed by atoms with Crippen molar-refractivity contribution in [1.29, 1.82) is 0 Å². The molecule has 2 N–H and O–H groups in total. The van der Waals surface area contributed by atoms with Crippen LogP contribution < -0.4 is 20.3 Å². The number of aromatic nitrogens is 5. The summed E-state index contributed by atoms with van der Waals surface area (Å²) >= 11 is 0. The van der Waals surface area contributed by atoms with Gasteiger partial charge in [-0.05, 0) is 29.6 Å². The average Bonchev–Trinajstić information content (AvgIpc) is 3.60. The second kappa shape index (κ2) is 11.6. The highest BCUT2D eigenvalue weighted by Gasteiger charge is 2.19. The Kier molecular flexibility index (Phi) is 7.98. The lowest BCUT2D eigenvalue weighted by Crippen LogP contribution is -2.48. The number of nitrogen functional groups attached to an aromatic ring is 1. The van der Waals surface area contributed by atoms with Gasteiger partial charge in [-0.3, -0.25) is 4.90 Å². The standard InChI is InChI=1S/C24H28B3N9O3/c1-33(19-16-20-30-21(22-29-6-13-38-22)32-36(20)23(28)31-19)7-8-34-9-11-35(12-10-34)17-2-4-18(5-3-17)37-14-15-39-24(25,26)27/h2-6,13,16H,7-12,14-15H2,1H3,(H2,28,31). The summed E-state index contributed by atoms with van der Waals surface area (Å²) in [6, 6.07) is 9.86. The third kappa shape index (κ3) is 6.84. The van der Waals surface area contributed by atoms with Gasteiger partial charge in [-0.1, -0.05) is 0 Å². The number of rotatable bonds is 11. The lowest BCUT2D eigenvalue weighted by molar-refractivity contribution is 0.0949.